The van der Waals surface area contributed by atoms with E-state index in [1.54, 1.807) is 0 Å². The van der Waals surface area contributed by atoms with Crippen LogP contribution < -0.4 is 5.32 Å². The second-order valence-corrected chi connectivity index (χ2v) is 9.77. The monoisotopic (exact) mass is 494 g/mol. The van der Waals surface area contributed by atoms with Gasteiger partial charge in [0.2, 0.25) is 14.9 Å². The molecule has 0 fully saturated rings. The SMILES string of the molecule is CCN(CC)C(CNC(=O)c1ccc(S(=O)(=O)c2ccc(Cl)cc2)o1)c1ccccc1Cl. The number of carbonyl (C=O) groups is 1. The lowest BCUT2D eigenvalue weighted by Gasteiger charge is -2.30. The van der Waals surface area contributed by atoms with Crippen LogP contribution in [-0.2, 0) is 9.84 Å². The molecule has 3 rings (SSSR count). The maximum atomic E-state index is 12.7. The van der Waals surface area contributed by atoms with Crippen molar-refractivity contribution in [3.63, 3.8) is 0 Å². The summed E-state index contributed by atoms with van der Waals surface area (Å²) in [6.07, 6.45) is 0. The lowest BCUT2D eigenvalue weighted by atomic mass is 10.0. The molecule has 0 aliphatic carbocycles. The molecule has 9 heteroatoms. The summed E-state index contributed by atoms with van der Waals surface area (Å²) >= 11 is 12.2. The molecule has 1 N–H and O–H groups in total. The van der Waals surface area contributed by atoms with E-state index in [1.807, 2.05) is 38.1 Å². The van der Waals surface area contributed by atoms with Gasteiger partial charge >= 0.3 is 0 Å². The number of nitrogens with one attached hydrogen (secondary N) is 1. The number of amides is 1. The first-order valence-electron chi connectivity index (χ1n) is 10.1. The first-order chi connectivity index (χ1) is 15.3. The van der Waals surface area contributed by atoms with E-state index < -0.39 is 15.7 Å². The molecule has 0 aliphatic heterocycles. The molecule has 1 aromatic heterocycles. The molecule has 0 bridgehead atoms. The van der Waals surface area contributed by atoms with Crippen molar-refractivity contribution in [2.45, 2.75) is 29.9 Å². The number of hydrogen-bond acceptors (Lipinski definition) is 5. The minimum atomic E-state index is -3.90. The number of hydrogen-bond donors (Lipinski definition) is 1. The summed E-state index contributed by atoms with van der Waals surface area (Å²) in [6, 6.07) is 15.7. The summed E-state index contributed by atoms with van der Waals surface area (Å²) in [7, 11) is -3.90. The number of rotatable bonds is 9. The highest BCUT2D eigenvalue weighted by atomic mass is 35.5. The molecule has 1 amide bonds. The second-order valence-electron chi connectivity index (χ2n) is 7.04. The summed E-state index contributed by atoms with van der Waals surface area (Å²) in [6.45, 7) is 5.90. The van der Waals surface area contributed by atoms with E-state index in [0.29, 0.717) is 10.0 Å². The van der Waals surface area contributed by atoms with Gasteiger partial charge in [0.15, 0.2) is 5.76 Å². The van der Waals surface area contributed by atoms with Gasteiger partial charge in [0.1, 0.15) is 0 Å². The van der Waals surface area contributed by atoms with Crippen LogP contribution in [0.4, 0.5) is 0 Å². The predicted molar refractivity (Wildman–Crippen MR) is 125 cm³/mol. The zero-order chi connectivity index (χ0) is 23.3. The third kappa shape index (κ3) is 5.35. The van der Waals surface area contributed by atoms with Crippen LogP contribution in [0.15, 0.2) is 75.1 Å². The zero-order valence-electron chi connectivity index (χ0n) is 17.7. The first kappa shape index (κ1) is 24.3. The maximum absolute atomic E-state index is 12.7. The average Bonchev–Trinajstić information content (AvgIpc) is 3.29. The molecule has 0 radical (unpaired) electrons. The molecule has 6 nitrogen and oxygen atoms in total. The molecule has 1 unspecified atom stereocenters. The van der Waals surface area contributed by atoms with Crippen LogP contribution in [0, 0.1) is 0 Å². The van der Waals surface area contributed by atoms with Crippen LogP contribution in [0.5, 0.6) is 0 Å². The largest absolute Gasteiger partial charge is 0.439 e. The van der Waals surface area contributed by atoms with Gasteiger partial charge in [-0.2, -0.15) is 0 Å². The molecule has 0 saturated carbocycles. The van der Waals surface area contributed by atoms with Crippen molar-refractivity contribution in [2.24, 2.45) is 0 Å². The summed E-state index contributed by atoms with van der Waals surface area (Å²) < 4.78 is 30.9. The minimum absolute atomic E-state index is 0.0310. The van der Waals surface area contributed by atoms with E-state index in [-0.39, 0.29) is 28.3 Å². The van der Waals surface area contributed by atoms with E-state index >= 15 is 0 Å². The highest BCUT2D eigenvalue weighted by molar-refractivity contribution is 7.91. The quantitative estimate of drug-likeness (QED) is 0.440. The molecular weight excluding hydrogens is 471 g/mol. The minimum Gasteiger partial charge on any atom is -0.439 e. The predicted octanol–water partition coefficient (Wildman–Crippen LogP) is 5.23. The molecule has 1 heterocycles. The molecule has 0 spiro atoms. The van der Waals surface area contributed by atoms with Gasteiger partial charge in [-0.3, -0.25) is 9.69 Å². The number of carbonyl (C=O) groups excluding carboxylic acids is 1. The Hall–Kier alpha value is -2.32. The number of nitrogens with zero attached hydrogens (tertiary/aromatic N) is 1. The Morgan fingerprint density at radius 3 is 2.28 bits per heavy atom. The summed E-state index contributed by atoms with van der Waals surface area (Å²) in [5.41, 5.74) is 0.906. The number of halogens is 2. The van der Waals surface area contributed by atoms with Crippen molar-refractivity contribution >= 4 is 38.9 Å². The molecule has 0 aliphatic rings. The first-order valence-corrected chi connectivity index (χ1v) is 12.4. The van der Waals surface area contributed by atoms with E-state index in [4.69, 9.17) is 27.6 Å². The van der Waals surface area contributed by atoms with Crippen molar-refractivity contribution < 1.29 is 17.6 Å². The van der Waals surface area contributed by atoms with Crippen molar-refractivity contribution in [2.75, 3.05) is 19.6 Å². The Balaban J connectivity index is 1.77. The summed E-state index contributed by atoms with van der Waals surface area (Å²) in [5, 5.41) is 3.57. The Morgan fingerprint density at radius 1 is 1.00 bits per heavy atom. The zero-order valence-corrected chi connectivity index (χ0v) is 20.0. The summed E-state index contributed by atoms with van der Waals surface area (Å²) in [4.78, 5) is 14.9. The molecular formula is C23H24Cl2N2O4S. The van der Waals surface area contributed by atoms with Gasteiger partial charge in [-0.05, 0) is 61.1 Å². The van der Waals surface area contributed by atoms with Crippen molar-refractivity contribution in [1.82, 2.24) is 10.2 Å². The Morgan fingerprint density at radius 2 is 1.66 bits per heavy atom. The van der Waals surface area contributed by atoms with Gasteiger partial charge in [-0.25, -0.2) is 8.42 Å². The van der Waals surface area contributed by atoms with Crippen LogP contribution in [0.2, 0.25) is 10.0 Å². The molecule has 32 heavy (non-hydrogen) atoms. The smallest absolute Gasteiger partial charge is 0.287 e. The number of likely N-dealkylation sites (N-methyl/N-ethyl adjacent to an activating group) is 1. The van der Waals surface area contributed by atoms with Crippen molar-refractivity contribution in [3.8, 4) is 0 Å². The lowest BCUT2D eigenvalue weighted by Crippen LogP contribution is -2.38. The number of sulfone groups is 1. The molecule has 3 aromatic rings. The van der Waals surface area contributed by atoms with Crippen LogP contribution in [-0.4, -0.2) is 38.9 Å². The lowest BCUT2D eigenvalue weighted by molar-refractivity contribution is 0.0902. The highest BCUT2D eigenvalue weighted by Gasteiger charge is 2.25. The van der Waals surface area contributed by atoms with Gasteiger partial charge in [0.05, 0.1) is 10.9 Å². The number of benzene rings is 2. The van der Waals surface area contributed by atoms with Crippen LogP contribution in [0.1, 0.15) is 36.0 Å². The third-order valence-electron chi connectivity index (χ3n) is 5.17. The van der Waals surface area contributed by atoms with Gasteiger partial charge < -0.3 is 9.73 Å². The molecule has 170 valence electrons. The van der Waals surface area contributed by atoms with Gasteiger partial charge in [-0.15, -0.1) is 0 Å². The molecule has 2 aromatic carbocycles. The second kappa shape index (κ2) is 10.5. The van der Waals surface area contributed by atoms with E-state index in [2.05, 4.69) is 10.2 Å². The van der Waals surface area contributed by atoms with Crippen LogP contribution in [0.25, 0.3) is 0 Å². The molecule has 0 saturated heterocycles. The Kier molecular flexibility index (Phi) is 8.00. The van der Waals surface area contributed by atoms with Gasteiger partial charge in [0.25, 0.3) is 5.91 Å². The summed E-state index contributed by atoms with van der Waals surface area (Å²) in [5.74, 6) is -0.596. The Labute approximate surface area is 198 Å². The topological polar surface area (TPSA) is 79.6 Å². The maximum Gasteiger partial charge on any atom is 0.287 e. The van der Waals surface area contributed by atoms with E-state index in [0.717, 1.165) is 18.7 Å². The van der Waals surface area contributed by atoms with E-state index in [1.165, 1.54) is 36.4 Å². The van der Waals surface area contributed by atoms with Crippen molar-refractivity contribution in [1.29, 1.82) is 0 Å². The third-order valence-corrected chi connectivity index (χ3v) is 7.41. The van der Waals surface area contributed by atoms with Crippen LogP contribution >= 0.6 is 23.2 Å². The van der Waals surface area contributed by atoms with E-state index in [9.17, 15) is 13.2 Å². The van der Waals surface area contributed by atoms with Crippen molar-refractivity contribution in [3.05, 3.63) is 82.0 Å². The average molecular weight is 495 g/mol. The molecule has 1 atom stereocenters. The fourth-order valence-corrected chi connectivity index (χ4v) is 5.00. The Bertz CT molecular complexity index is 1170. The fraction of sp³-hybridized carbons (Fsp3) is 0.261. The highest BCUT2D eigenvalue weighted by Crippen LogP contribution is 2.28. The standard InChI is InChI=1S/C23H24Cl2N2O4S/c1-3-27(4-2)20(18-7-5-6-8-19(18)25)15-26-23(28)21-13-14-22(31-21)32(29,30)17-11-9-16(24)10-12-17/h5-14,20H,3-4,15H2,1-2H3,(H,26,28). The normalized spacial score (nSPS) is 12.7. The van der Waals surface area contributed by atoms with Crippen LogP contribution in [0.3, 0.4) is 0 Å². The number of furan rings is 1. The van der Waals surface area contributed by atoms with Gasteiger partial charge in [-0.1, -0.05) is 55.2 Å². The van der Waals surface area contributed by atoms with Gasteiger partial charge in [0, 0.05) is 16.6 Å². The fourth-order valence-electron chi connectivity index (χ4n) is 3.44.